The van der Waals surface area contributed by atoms with Crippen LogP contribution in [0.2, 0.25) is 0 Å². The van der Waals surface area contributed by atoms with Gasteiger partial charge in [0, 0.05) is 17.2 Å². The number of aromatic nitrogens is 1. The second-order valence-corrected chi connectivity index (χ2v) is 2.70. The van der Waals surface area contributed by atoms with Crippen LogP contribution < -0.4 is 5.73 Å². The summed E-state index contributed by atoms with van der Waals surface area (Å²) in [5.41, 5.74) is 7.37. The molecule has 0 radical (unpaired) electrons. The maximum atomic E-state index is 10.4. The van der Waals surface area contributed by atoms with Crippen LogP contribution in [0, 0.1) is 25.7 Å². The highest BCUT2D eigenvalue weighted by atomic mass is 16.1. The molecule has 3 heteroatoms. The highest BCUT2D eigenvalue weighted by Gasteiger charge is 1.95. The molecule has 1 aromatic heterocycles. The number of aryl methyl sites for hydroxylation is 2. The third kappa shape index (κ3) is 2.60. The largest absolute Gasteiger partial charge is 0.359 e. The minimum Gasteiger partial charge on any atom is -0.359 e. The van der Waals surface area contributed by atoms with Crippen molar-refractivity contribution < 1.29 is 4.79 Å². The number of pyridine rings is 1. The molecular weight excluding hydrogens is 164 g/mol. The third-order valence-corrected chi connectivity index (χ3v) is 1.55. The summed E-state index contributed by atoms with van der Waals surface area (Å²) in [7, 11) is 0. The number of carbonyl (C=O) groups is 1. The fraction of sp³-hybridized carbons (Fsp3) is 0.200. The Bertz CT molecular complexity index is 399. The van der Waals surface area contributed by atoms with E-state index in [1.165, 1.54) is 0 Å². The Morgan fingerprint density at radius 2 is 2.15 bits per heavy atom. The summed E-state index contributed by atoms with van der Waals surface area (Å²) in [4.78, 5) is 14.6. The quantitative estimate of drug-likeness (QED) is 0.583. The summed E-state index contributed by atoms with van der Waals surface area (Å²) >= 11 is 0. The maximum absolute atomic E-state index is 10.4. The average Bonchev–Trinajstić information content (AvgIpc) is 2.02. The first-order chi connectivity index (χ1) is 6.09. The molecule has 0 saturated carbocycles. The summed E-state index contributed by atoms with van der Waals surface area (Å²) in [5, 5.41) is 0. The number of amides is 1. The average molecular weight is 174 g/mol. The van der Waals surface area contributed by atoms with E-state index >= 15 is 0 Å². The van der Waals surface area contributed by atoms with E-state index in [9.17, 15) is 4.79 Å². The van der Waals surface area contributed by atoms with E-state index in [1.807, 2.05) is 26.0 Å². The van der Waals surface area contributed by atoms with Gasteiger partial charge in [-0.1, -0.05) is 5.92 Å². The van der Waals surface area contributed by atoms with Crippen molar-refractivity contribution in [1.82, 2.24) is 4.98 Å². The number of hydrogen-bond acceptors (Lipinski definition) is 2. The van der Waals surface area contributed by atoms with Crippen LogP contribution in [0.15, 0.2) is 12.1 Å². The van der Waals surface area contributed by atoms with Gasteiger partial charge in [0.1, 0.15) is 0 Å². The first-order valence-electron chi connectivity index (χ1n) is 3.85. The fourth-order valence-corrected chi connectivity index (χ4v) is 0.948. The molecule has 0 saturated heterocycles. The Labute approximate surface area is 77.0 Å². The molecule has 0 aliphatic heterocycles. The molecule has 1 rings (SSSR count). The van der Waals surface area contributed by atoms with Crippen LogP contribution in [-0.4, -0.2) is 10.9 Å². The van der Waals surface area contributed by atoms with E-state index in [1.54, 1.807) is 0 Å². The Kier molecular flexibility index (Phi) is 2.65. The molecular formula is C10H10N2O. The highest BCUT2D eigenvalue weighted by Crippen LogP contribution is 2.03. The van der Waals surface area contributed by atoms with Crippen molar-refractivity contribution in [3.8, 4) is 11.8 Å². The molecule has 0 bridgehead atoms. The van der Waals surface area contributed by atoms with Crippen LogP contribution in [-0.2, 0) is 4.79 Å². The van der Waals surface area contributed by atoms with Gasteiger partial charge in [-0.2, -0.15) is 0 Å². The number of hydrogen-bond donors (Lipinski definition) is 1. The fourth-order valence-electron chi connectivity index (χ4n) is 0.948. The SMILES string of the molecule is Cc1ccc(C#CC(N)=O)c(C)n1. The Hall–Kier alpha value is -1.82. The van der Waals surface area contributed by atoms with E-state index in [0.717, 1.165) is 17.0 Å². The predicted molar refractivity (Wildman–Crippen MR) is 49.8 cm³/mol. The molecule has 3 nitrogen and oxygen atoms in total. The normalized spacial score (nSPS) is 8.77. The molecule has 0 fully saturated rings. The minimum atomic E-state index is -0.625. The summed E-state index contributed by atoms with van der Waals surface area (Å²) in [6.07, 6.45) is 0. The molecule has 2 N–H and O–H groups in total. The standard InChI is InChI=1S/C10H10N2O/c1-7-3-4-9(8(2)12-7)5-6-10(11)13/h3-4H,1-2H3,(H2,11,13). The lowest BCUT2D eigenvalue weighted by Crippen LogP contribution is -2.06. The summed E-state index contributed by atoms with van der Waals surface area (Å²) < 4.78 is 0. The van der Waals surface area contributed by atoms with E-state index in [-0.39, 0.29) is 0 Å². The molecule has 1 heterocycles. The Balaban J connectivity index is 3.05. The van der Waals surface area contributed by atoms with Crippen molar-refractivity contribution in [3.63, 3.8) is 0 Å². The van der Waals surface area contributed by atoms with Gasteiger partial charge in [0.05, 0.1) is 5.69 Å². The topological polar surface area (TPSA) is 56.0 Å². The summed E-state index contributed by atoms with van der Waals surface area (Å²) in [5.74, 6) is 4.30. The van der Waals surface area contributed by atoms with Crippen LogP contribution in [0.25, 0.3) is 0 Å². The summed E-state index contributed by atoms with van der Waals surface area (Å²) in [6, 6.07) is 3.67. The second kappa shape index (κ2) is 3.72. The minimum absolute atomic E-state index is 0.625. The molecule has 0 aliphatic carbocycles. The zero-order valence-corrected chi connectivity index (χ0v) is 7.59. The van der Waals surface area contributed by atoms with Crippen molar-refractivity contribution in [2.45, 2.75) is 13.8 Å². The van der Waals surface area contributed by atoms with Gasteiger partial charge in [-0.05, 0) is 26.0 Å². The van der Waals surface area contributed by atoms with Gasteiger partial charge in [0.2, 0.25) is 0 Å². The smallest absolute Gasteiger partial charge is 0.293 e. The molecule has 1 aromatic rings. The van der Waals surface area contributed by atoms with E-state index in [2.05, 4.69) is 16.8 Å². The van der Waals surface area contributed by atoms with E-state index in [0.29, 0.717) is 0 Å². The molecule has 0 aromatic carbocycles. The predicted octanol–water partition coefficient (Wildman–Crippen LogP) is 0.535. The van der Waals surface area contributed by atoms with Gasteiger partial charge in [-0.3, -0.25) is 9.78 Å². The summed E-state index contributed by atoms with van der Waals surface area (Å²) in [6.45, 7) is 3.75. The first-order valence-corrected chi connectivity index (χ1v) is 3.85. The molecule has 1 amide bonds. The number of nitrogens with two attached hydrogens (primary N) is 1. The van der Waals surface area contributed by atoms with E-state index in [4.69, 9.17) is 5.73 Å². The zero-order chi connectivity index (χ0) is 9.84. The molecule has 13 heavy (non-hydrogen) atoms. The van der Waals surface area contributed by atoms with Crippen LogP contribution in [0.1, 0.15) is 17.0 Å². The van der Waals surface area contributed by atoms with Crippen molar-refractivity contribution in [2.24, 2.45) is 5.73 Å². The number of carbonyl (C=O) groups excluding carboxylic acids is 1. The van der Waals surface area contributed by atoms with Crippen molar-refractivity contribution in [3.05, 3.63) is 29.1 Å². The van der Waals surface area contributed by atoms with Crippen LogP contribution >= 0.6 is 0 Å². The van der Waals surface area contributed by atoms with Gasteiger partial charge >= 0.3 is 0 Å². The van der Waals surface area contributed by atoms with Crippen molar-refractivity contribution in [2.75, 3.05) is 0 Å². The Morgan fingerprint density at radius 1 is 1.46 bits per heavy atom. The highest BCUT2D eigenvalue weighted by molar-refractivity contribution is 5.92. The van der Waals surface area contributed by atoms with E-state index < -0.39 is 5.91 Å². The number of primary amides is 1. The lowest BCUT2D eigenvalue weighted by atomic mass is 10.2. The van der Waals surface area contributed by atoms with Gasteiger partial charge in [0.25, 0.3) is 5.91 Å². The van der Waals surface area contributed by atoms with Crippen molar-refractivity contribution in [1.29, 1.82) is 0 Å². The molecule has 0 aliphatic rings. The van der Waals surface area contributed by atoms with Crippen LogP contribution in [0.3, 0.4) is 0 Å². The molecule has 0 unspecified atom stereocenters. The Morgan fingerprint density at radius 3 is 2.69 bits per heavy atom. The zero-order valence-electron chi connectivity index (χ0n) is 7.59. The lowest BCUT2D eigenvalue weighted by Gasteiger charge is -1.97. The van der Waals surface area contributed by atoms with Crippen LogP contribution in [0.4, 0.5) is 0 Å². The van der Waals surface area contributed by atoms with Gasteiger partial charge in [-0.15, -0.1) is 0 Å². The van der Waals surface area contributed by atoms with Gasteiger partial charge < -0.3 is 5.73 Å². The van der Waals surface area contributed by atoms with Crippen LogP contribution in [0.5, 0.6) is 0 Å². The molecule has 0 spiro atoms. The first kappa shape index (κ1) is 9.27. The third-order valence-electron chi connectivity index (χ3n) is 1.55. The number of rotatable bonds is 0. The molecule has 0 atom stereocenters. The monoisotopic (exact) mass is 174 g/mol. The number of nitrogens with zero attached hydrogens (tertiary/aromatic N) is 1. The molecule has 66 valence electrons. The second-order valence-electron chi connectivity index (χ2n) is 2.70. The van der Waals surface area contributed by atoms with Crippen molar-refractivity contribution >= 4 is 5.91 Å². The van der Waals surface area contributed by atoms with Gasteiger partial charge in [-0.25, -0.2) is 0 Å². The van der Waals surface area contributed by atoms with Gasteiger partial charge in [0.15, 0.2) is 0 Å². The maximum Gasteiger partial charge on any atom is 0.293 e. The lowest BCUT2D eigenvalue weighted by molar-refractivity contribution is -0.112.